The average molecular weight is 631 g/mol. The SMILES string of the molecule is C=C1[C@@]23CC(=O)C[C@@H](c4ccoc4)[C@]2(C)C[C@@H](OC(C)=O)[C@]1(O)[C@@]1(C)[C@@H](O3)[C@@H](OC(=O)C(C)C)[C@H](O)C(C)(C)[C@@H]1CC(=O)OC. The lowest BCUT2D eigenvalue weighted by Gasteiger charge is -2.75. The number of hydrogen-bond acceptors (Lipinski definition) is 11. The van der Waals surface area contributed by atoms with Crippen LogP contribution in [0.3, 0.4) is 0 Å². The van der Waals surface area contributed by atoms with Crippen LogP contribution in [0.1, 0.15) is 85.6 Å². The molecule has 1 saturated heterocycles. The van der Waals surface area contributed by atoms with Crippen molar-refractivity contribution in [3.63, 3.8) is 0 Å². The maximum atomic E-state index is 13.7. The van der Waals surface area contributed by atoms with Crippen LogP contribution in [0.2, 0.25) is 0 Å². The minimum Gasteiger partial charge on any atom is -0.472 e. The van der Waals surface area contributed by atoms with E-state index in [1.165, 1.54) is 20.3 Å². The van der Waals surface area contributed by atoms with E-state index in [1.807, 2.05) is 6.92 Å². The van der Waals surface area contributed by atoms with Crippen molar-refractivity contribution < 1.29 is 52.8 Å². The van der Waals surface area contributed by atoms with Crippen LogP contribution >= 0.6 is 0 Å². The van der Waals surface area contributed by atoms with Crippen molar-refractivity contribution >= 4 is 23.7 Å². The van der Waals surface area contributed by atoms with Crippen LogP contribution in [-0.2, 0) is 38.1 Å². The van der Waals surface area contributed by atoms with E-state index in [2.05, 4.69) is 6.58 Å². The standard InChI is InChI=1S/C34H46O11/c1-17(2)29(39)44-26-27(38)30(5,6)23(13-25(37)41-9)32(8)28(26)45-33-14-21(36)12-22(20-10-11-42-16-20)31(33,7)15-24(43-19(4)35)34(32,40)18(33)3/h10-11,16-17,22-24,26-28,38,40H,3,12-15H2,1-2,4-9H3/t22-,23-,24+,26-,27-,28-,31-,32+,33-,34-/m0/s1. The number of ether oxygens (including phenoxy) is 4. The molecule has 4 aliphatic rings. The number of hydrogen-bond donors (Lipinski definition) is 2. The molecule has 1 aromatic heterocycles. The van der Waals surface area contributed by atoms with Crippen LogP contribution in [0.25, 0.3) is 0 Å². The number of ketones is 1. The van der Waals surface area contributed by atoms with Crippen molar-refractivity contribution in [1.29, 1.82) is 0 Å². The van der Waals surface area contributed by atoms with Gasteiger partial charge in [-0.05, 0) is 35.0 Å². The van der Waals surface area contributed by atoms with Gasteiger partial charge in [0.25, 0.3) is 0 Å². The summed E-state index contributed by atoms with van der Waals surface area (Å²) in [4.78, 5) is 52.6. The van der Waals surface area contributed by atoms with Crippen molar-refractivity contribution in [3.8, 4) is 0 Å². The second-order valence-corrected chi connectivity index (χ2v) is 14.8. The Hall–Kier alpha value is -3.02. The molecule has 3 saturated carbocycles. The zero-order valence-corrected chi connectivity index (χ0v) is 27.4. The number of aliphatic hydroxyl groups is 2. The fourth-order valence-electron chi connectivity index (χ4n) is 9.40. The Balaban J connectivity index is 1.82. The molecule has 2 heterocycles. The van der Waals surface area contributed by atoms with Crippen LogP contribution in [0.15, 0.2) is 35.2 Å². The molecular weight excluding hydrogens is 584 g/mol. The quantitative estimate of drug-likeness (QED) is 0.268. The summed E-state index contributed by atoms with van der Waals surface area (Å²) in [6.07, 6.45) is -2.24. The zero-order chi connectivity index (χ0) is 33.5. The second kappa shape index (κ2) is 10.8. The smallest absolute Gasteiger partial charge is 0.308 e. The van der Waals surface area contributed by atoms with Crippen LogP contribution in [0, 0.1) is 28.1 Å². The first-order valence-corrected chi connectivity index (χ1v) is 15.6. The van der Waals surface area contributed by atoms with E-state index < -0.39 is 87.5 Å². The Labute approximate surface area is 263 Å². The molecule has 10 atom stereocenters. The largest absolute Gasteiger partial charge is 0.472 e. The van der Waals surface area contributed by atoms with Gasteiger partial charge in [-0.1, -0.05) is 48.1 Å². The monoisotopic (exact) mass is 630 g/mol. The molecule has 2 N–H and O–H groups in total. The molecule has 0 amide bonds. The Morgan fingerprint density at radius 2 is 1.82 bits per heavy atom. The van der Waals surface area contributed by atoms with E-state index in [-0.39, 0.29) is 37.0 Å². The van der Waals surface area contributed by atoms with E-state index in [4.69, 9.17) is 23.4 Å². The van der Waals surface area contributed by atoms with E-state index in [1.54, 1.807) is 46.9 Å². The van der Waals surface area contributed by atoms with E-state index >= 15 is 0 Å². The third-order valence-electron chi connectivity index (χ3n) is 11.9. The second-order valence-electron chi connectivity index (χ2n) is 14.8. The molecule has 0 unspecified atom stereocenters. The predicted molar refractivity (Wildman–Crippen MR) is 158 cm³/mol. The summed E-state index contributed by atoms with van der Waals surface area (Å²) in [5.74, 6) is -3.87. The number of esters is 3. The Bertz CT molecular complexity index is 1400. The van der Waals surface area contributed by atoms with Crippen molar-refractivity contribution in [2.45, 2.75) is 116 Å². The summed E-state index contributed by atoms with van der Waals surface area (Å²) < 4.78 is 29.7. The van der Waals surface area contributed by atoms with Crippen molar-refractivity contribution in [2.24, 2.45) is 28.1 Å². The van der Waals surface area contributed by atoms with Gasteiger partial charge >= 0.3 is 17.9 Å². The van der Waals surface area contributed by atoms with Gasteiger partial charge in [0.2, 0.25) is 0 Å². The highest BCUT2D eigenvalue weighted by atomic mass is 16.6. The number of methoxy groups -OCH3 is 1. The number of aliphatic hydroxyl groups excluding tert-OH is 1. The highest BCUT2D eigenvalue weighted by Crippen LogP contribution is 2.74. The molecule has 3 aliphatic carbocycles. The van der Waals surface area contributed by atoms with Gasteiger partial charge in [-0.3, -0.25) is 19.2 Å². The van der Waals surface area contributed by atoms with Gasteiger partial charge in [0, 0.05) is 42.9 Å². The van der Waals surface area contributed by atoms with E-state index in [0.29, 0.717) is 0 Å². The molecule has 4 fully saturated rings. The van der Waals surface area contributed by atoms with Gasteiger partial charge in [-0.15, -0.1) is 0 Å². The molecule has 11 nitrogen and oxygen atoms in total. The summed E-state index contributed by atoms with van der Waals surface area (Å²) in [7, 11) is 1.25. The first kappa shape index (κ1) is 33.3. The normalized spacial score (nSPS) is 41.9. The fraction of sp³-hybridized carbons (Fsp3) is 0.706. The molecule has 1 aliphatic heterocycles. The third-order valence-corrected chi connectivity index (χ3v) is 11.9. The van der Waals surface area contributed by atoms with Gasteiger partial charge in [-0.2, -0.15) is 0 Å². The number of carbonyl (C=O) groups excluding carboxylic acids is 4. The highest BCUT2D eigenvalue weighted by Gasteiger charge is 2.82. The van der Waals surface area contributed by atoms with Crippen molar-refractivity contribution in [2.75, 3.05) is 7.11 Å². The Morgan fingerprint density at radius 3 is 2.38 bits per heavy atom. The van der Waals surface area contributed by atoms with E-state index in [9.17, 15) is 29.4 Å². The maximum Gasteiger partial charge on any atom is 0.308 e. The van der Waals surface area contributed by atoms with Crippen molar-refractivity contribution in [3.05, 3.63) is 36.3 Å². The predicted octanol–water partition coefficient (Wildman–Crippen LogP) is 3.65. The number of Topliss-reactive ketones (excluding diaryl/α,β-unsaturated/α-hetero) is 1. The number of furan rings is 1. The molecule has 248 valence electrons. The number of rotatable bonds is 6. The average Bonchev–Trinajstić information content (AvgIpc) is 3.49. The fourth-order valence-corrected chi connectivity index (χ4v) is 9.40. The number of carbonyl (C=O) groups is 4. The molecule has 11 heteroatoms. The molecule has 1 spiro atoms. The lowest BCUT2D eigenvalue weighted by atomic mass is 9.37. The zero-order valence-electron chi connectivity index (χ0n) is 27.4. The minimum absolute atomic E-state index is 0.0813. The van der Waals surface area contributed by atoms with Gasteiger partial charge in [0.05, 0.1) is 31.7 Å². The summed E-state index contributed by atoms with van der Waals surface area (Å²) in [5, 5.41) is 25.4. The van der Waals surface area contributed by atoms with Gasteiger partial charge in [0.15, 0.2) is 6.10 Å². The van der Waals surface area contributed by atoms with Crippen LogP contribution in [0.4, 0.5) is 0 Å². The van der Waals surface area contributed by atoms with Crippen LogP contribution < -0.4 is 0 Å². The lowest BCUT2D eigenvalue weighted by Crippen LogP contribution is -2.85. The minimum atomic E-state index is -2.10. The first-order chi connectivity index (χ1) is 20.8. The molecule has 0 aromatic carbocycles. The molecular formula is C34H46O11. The van der Waals surface area contributed by atoms with Crippen molar-refractivity contribution in [1.82, 2.24) is 0 Å². The Kier molecular flexibility index (Phi) is 7.98. The first-order valence-electron chi connectivity index (χ1n) is 15.6. The molecule has 0 radical (unpaired) electrons. The van der Waals surface area contributed by atoms with Gasteiger partial charge in [0.1, 0.15) is 29.2 Å². The third kappa shape index (κ3) is 4.40. The summed E-state index contributed by atoms with van der Waals surface area (Å²) >= 11 is 0. The van der Waals surface area contributed by atoms with Crippen LogP contribution in [-0.4, -0.2) is 76.6 Å². The number of fused-ring (bicyclic) bond motifs is 3. The maximum absolute atomic E-state index is 13.7. The summed E-state index contributed by atoms with van der Waals surface area (Å²) in [5.41, 5.74) is -6.46. The van der Waals surface area contributed by atoms with Gasteiger partial charge < -0.3 is 33.6 Å². The van der Waals surface area contributed by atoms with Gasteiger partial charge in [-0.25, -0.2) is 0 Å². The van der Waals surface area contributed by atoms with E-state index in [0.717, 1.165) is 5.56 Å². The molecule has 2 bridgehead atoms. The molecule has 5 rings (SSSR count). The lowest BCUT2D eigenvalue weighted by molar-refractivity contribution is -0.375. The Morgan fingerprint density at radius 1 is 1.16 bits per heavy atom. The van der Waals surface area contributed by atoms with Crippen LogP contribution in [0.5, 0.6) is 0 Å². The summed E-state index contributed by atoms with van der Waals surface area (Å²) in [6.45, 7) is 16.1. The topological polar surface area (TPSA) is 159 Å². The molecule has 1 aromatic rings. The highest BCUT2D eigenvalue weighted by molar-refractivity contribution is 5.84. The summed E-state index contributed by atoms with van der Waals surface area (Å²) in [6, 6.07) is 1.77. The molecule has 45 heavy (non-hydrogen) atoms.